The minimum atomic E-state index is 0.734. The van der Waals surface area contributed by atoms with Crippen molar-refractivity contribution in [2.24, 2.45) is 5.92 Å². The third-order valence-electron chi connectivity index (χ3n) is 3.29. The molecule has 0 fully saturated rings. The summed E-state index contributed by atoms with van der Waals surface area (Å²) in [5.74, 6) is 0.852. The van der Waals surface area contributed by atoms with Crippen molar-refractivity contribution in [3.05, 3.63) is 24.0 Å². The fourth-order valence-electron chi connectivity index (χ4n) is 2.08. The molecule has 1 rings (SSSR count). The Bertz CT molecular complexity index is 319. The van der Waals surface area contributed by atoms with Crippen LogP contribution in [0.3, 0.4) is 0 Å². The number of nitrogen functional groups attached to an aromatic ring is 1. The highest BCUT2D eigenvalue weighted by Gasteiger charge is 1.96. The third kappa shape index (κ3) is 8.60. The molecule has 1 aromatic rings. The molecule has 1 heterocycles. The lowest BCUT2D eigenvalue weighted by Gasteiger charge is -2.06. The monoisotopic (exact) mass is 263 g/mol. The van der Waals surface area contributed by atoms with Crippen LogP contribution in [0, 0.1) is 5.92 Å². The zero-order valence-corrected chi connectivity index (χ0v) is 12.5. The first-order chi connectivity index (χ1) is 9.18. The van der Waals surface area contributed by atoms with E-state index < -0.39 is 0 Å². The second kappa shape index (κ2) is 9.79. The van der Waals surface area contributed by atoms with Crippen molar-refractivity contribution < 1.29 is 0 Å². The average Bonchev–Trinajstić information content (AvgIpc) is 2.38. The third-order valence-corrected chi connectivity index (χ3v) is 3.29. The van der Waals surface area contributed by atoms with Crippen LogP contribution >= 0.6 is 0 Å². The fraction of sp³-hybridized carbons (Fsp3) is 0.688. The molecule has 108 valence electrons. The second-order valence-electron chi connectivity index (χ2n) is 5.68. The SMILES string of the molecule is CC(C)CCCCCCNCCc1ccc(N)cn1. The Morgan fingerprint density at radius 2 is 1.89 bits per heavy atom. The Morgan fingerprint density at radius 1 is 1.11 bits per heavy atom. The summed E-state index contributed by atoms with van der Waals surface area (Å²) >= 11 is 0. The number of nitrogens with zero attached hydrogens (tertiary/aromatic N) is 1. The molecule has 0 atom stereocenters. The van der Waals surface area contributed by atoms with E-state index >= 15 is 0 Å². The highest BCUT2D eigenvalue weighted by molar-refractivity contribution is 5.34. The van der Waals surface area contributed by atoms with Crippen LogP contribution in [0.4, 0.5) is 5.69 Å². The van der Waals surface area contributed by atoms with Gasteiger partial charge in [0.25, 0.3) is 0 Å². The van der Waals surface area contributed by atoms with Crippen LogP contribution in [0.25, 0.3) is 0 Å². The average molecular weight is 263 g/mol. The van der Waals surface area contributed by atoms with E-state index in [1.807, 2.05) is 12.1 Å². The molecule has 0 spiro atoms. The van der Waals surface area contributed by atoms with Gasteiger partial charge in [0.1, 0.15) is 0 Å². The molecule has 0 saturated carbocycles. The molecule has 3 nitrogen and oxygen atoms in total. The summed E-state index contributed by atoms with van der Waals surface area (Å²) in [7, 11) is 0. The number of aromatic nitrogens is 1. The maximum Gasteiger partial charge on any atom is 0.0501 e. The molecule has 1 aromatic heterocycles. The largest absolute Gasteiger partial charge is 0.397 e. The number of nitrogens with two attached hydrogens (primary N) is 1. The zero-order chi connectivity index (χ0) is 13.9. The zero-order valence-electron chi connectivity index (χ0n) is 12.5. The maximum atomic E-state index is 5.60. The molecule has 0 aliphatic heterocycles. The smallest absolute Gasteiger partial charge is 0.0501 e. The molecular weight excluding hydrogens is 234 g/mol. The summed E-state index contributed by atoms with van der Waals surface area (Å²) in [6.07, 6.45) is 9.47. The number of anilines is 1. The molecule has 0 aliphatic carbocycles. The predicted molar refractivity (Wildman–Crippen MR) is 83.1 cm³/mol. The van der Waals surface area contributed by atoms with Gasteiger partial charge in [-0.2, -0.15) is 0 Å². The van der Waals surface area contributed by atoms with Gasteiger partial charge in [-0.25, -0.2) is 0 Å². The Morgan fingerprint density at radius 3 is 2.58 bits per heavy atom. The molecule has 3 heteroatoms. The van der Waals surface area contributed by atoms with Crippen molar-refractivity contribution >= 4 is 5.69 Å². The quantitative estimate of drug-likeness (QED) is 0.636. The Hall–Kier alpha value is -1.09. The summed E-state index contributed by atoms with van der Waals surface area (Å²) < 4.78 is 0. The van der Waals surface area contributed by atoms with Crippen LogP contribution in [0.2, 0.25) is 0 Å². The van der Waals surface area contributed by atoms with Crippen molar-refractivity contribution in [3.63, 3.8) is 0 Å². The maximum absolute atomic E-state index is 5.60. The summed E-state index contributed by atoms with van der Waals surface area (Å²) in [6.45, 7) is 6.72. The van der Waals surface area contributed by atoms with E-state index in [1.165, 1.54) is 32.1 Å². The lowest BCUT2D eigenvalue weighted by molar-refractivity contribution is 0.512. The normalized spacial score (nSPS) is 11.1. The molecule has 0 radical (unpaired) electrons. The minimum absolute atomic E-state index is 0.734. The molecule has 0 bridgehead atoms. The van der Waals surface area contributed by atoms with Crippen molar-refractivity contribution in [2.45, 2.75) is 52.4 Å². The Labute approximate surface area is 118 Å². The first kappa shape index (κ1) is 16.0. The van der Waals surface area contributed by atoms with Gasteiger partial charge in [0, 0.05) is 18.7 Å². The highest BCUT2D eigenvalue weighted by Crippen LogP contribution is 2.08. The van der Waals surface area contributed by atoms with Gasteiger partial charge in [-0.1, -0.05) is 39.5 Å². The first-order valence-electron chi connectivity index (χ1n) is 7.59. The number of hydrogen-bond donors (Lipinski definition) is 2. The lowest BCUT2D eigenvalue weighted by Crippen LogP contribution is -2.18. The summed E-state index contributed by atoms with van der Waals surface area (Å²) in [5, 5.41) is 3.48. The summed E-state index contributed by atoms with van der Waals surface area (Å²) in [5.41, 5.74) is 7.45. The number of hydrogen-bond acceptors (Lipinski definition) is 3. The van der Waals surface area contributed by atoms with E-state index in [-0.39, 0.29) is 0 Å². The predicted octanol–water partition coefficient (Wildman–Crippen LogP) is 3.40. The molecule has 0 amide bonds. The number of pyridine rings is 1. The van der Waals surface area contributed by atoms with Crippen LogP contribution in [0.5, 0.6) is 0 Å². The van der Waals surface area contributed by atoms with Crippen LogP contribution in [-0.4, -0.2) is 18.1 Å². The van der Waals surface area contributed by atoms with Crippen LogP contribution in [0.1, 0.15) is 51.6 Å². The van der Waals surface area contributed by atoms with Gasteiger partial charge in [0.15, 0.2) is 0 Å². The van der Waals surface area contributed by atoms with Crippen LogP contribution in [0.15, 0.2) is 18.3 Å². The van der Waals surface area contributed by atoms with E-state index in [4.69, 9.17) is 5.73 Å². The molecule has 0 unspecified atom stereocenters. The molecule has 3 N–H and O–H groups in total. The topological polar surface area (TPSA) is 50.9 Å². The first-order valence-corrected chi connectivity index (χ1v) is 7.59. The van der Waals surface area contributed by atoms with Gasteiger partial charge in [0.2, 0.25) is 0 Å². The van der Waals surface area contributed by atoms with Crippen molar-refractivity contribution in [1.82, 2.24) is 10.3 Å². The van der Waals surface area contributed by atoms with Gasteiger partial charge >= 0.3 is 0 Å². The fourth-order valence-corrected chi connectivity index (χ4v) is 2.08. The molecule has 0 aliphatic rings. The number of nitrogens with one attached hydrogen (secondary N) is 1. The van der Waals surface area contributed by atoms with Crippen LogP contribution < -0.4 is 11.1 Å². The second-order valence-corrected chi connectivity index (χ2v) is 5.68. The van der Waals surface area contributed by atoms with E-state index in [1.54, 1.807) is 6.20 Å². The van der Waals surface area contributed by atoms with E-state index in [0.717, 1.165) is 36.8 Å². The summed E-state index contributed by atoms with van der Waals surface area (Å²) in [6, 6.07) is 3.92. The molecule has 0 saturated heterocycles. The van der Waals surface area contributed by atoms with E-state index in [0.29, 0.717) is 0 Å². The van der Waals surface area contributed by atoms with Gasteiger partial charge < -0.3 is 11.1 Å². The number of unbranched alkanes of at least 4 members (excludes halogenated alkanes) is 3. The van der Waals surface area contributed by atoms with Gasteiger partial charge in [-0.15, -0.1) is 0 Å². The van der Waals surface area contributed by atoms with Crippen molar-refractivity contribution in [2.75, 3.05) is 18.8 Å². The Kier molecular flexibility index (Phi) is 8.23. The Balaban J connectivity index is 1.90. The van der Waals surface area contributed by atoms with E-state index in [9.17, 15) is 0 Å². The standard InChI is InChI=1S/C16H29N3/c1-14(2)7-5-3-4-6-11-18-12-10-16-9-8-15(17)13-19-16/h8-9,13-14,18H,3-7,10-12,17H2,1-2H3. The van der Waals surface area contributed by atoms with Gasteiger partial charge in [-0.3, -0.25) is 4.98 Å². The summed E-state index contributed by atoms with van der Waals surface area (Å²) in [4.78, 5) is 4.29. The molecule has 0 aromatic carbocycles. The minimum Gasteiger partial charge on any atom is -0.397 e. The van der Waals surface area contributed by atoms with Crippen LogP contribution in [-0.2, 0) is 6.42 Å². The van der Waals surface area contributed by atoms with E-state index in [2.05, 4.69) is 24.1 Å². The number of rotatable bonds is 10. The molecule has 19 heavy (non-hydrogen) atoms. The molecular formula is C16H29N3. The highest BCUT2D eigenvalue weighted by atomic mass is 14.8. The van der Waals surface area contributed by atoms with Gasteiger partial charge in [0.05, 0.1) is 11.9 Å². The lowest BCUT2D eigenvalue weighted by atomic mass is 10.0. The van der Waals surface area contributed by atoms with Crippen molar-refractivity contribution in [3.8, 4) is 0 Å². The van der Waals surface area contributed by atoms with Gasteiger partial charge in [-0.05, 0) is 31.0 Å². The van der Waals surface area contributed by atoms with Crippen molar-refractivity contribution in [1.29, 1.82) is 0 Å².